The van der Waals surface area contributed by atoms with Crippen LogP contribution < -0.4 is 0 Å². The van der Waals surface area contributed by atoms with Crippen molar-refractivity contribution in [1.29, 1.82) is 10.5 Å². The highest BCUT2D eigenvalue weighted by molar-refractivity contribution is 7.29. The lowest BCUT2D eigenvalue weighted by Crippen LogP contribution is -1.82. The lowest BCUT2D eigenvalue weighted by molar-refractivity contribution is 1.44. The summed E-state index contributed by atoms with van der Waals surface area (Å²) in [6.07, 6.45) is 0. The summed E-state index contributed by atoms with van der Waals surface area (Å²) in [5.41, 5.74) is 2.87. The van der Waals surface area contributed by atoms with Crippen molar-refractivity contribution in [2.24, 2.45) is 0 Å². The van der Waals surface area contributed by atoms with Crippen molar-refractivity contribution in [3.05, 3.63) is 59.7 Å². The van der Waals surface area contributed by atoms with E-state index in [4.69, 9.17) is 0 Å². The summed E-state index contributed by atoms with van der Waals surface area (Å²) < 4.78 is 0. The van der Waals surface area contributed by atoms with Crippen LogP contribution in [-0.2, 0) is 0 Å². The average Bonchev–Trinajstić information content (AvgIpc) is 3.20. The second kappa shape index (κ2) is 5.86. The van der Waals surface area contributed by atoms with Crippen LogP contribution in [0.4, 0.5) is 0 Å². The SMILES string of the molecule is N#Cc1ccccc1-c1nc2sc(-c3ccccc3C#N)nc2s1. The van der Waals surface area contributed by atoms with Crippen LogP contribution in [0.25, 0.3) is 30.8 Å². The van der Waals surface area contributed by atoms with E-state index in [-0.39, 0.29) is 0 Å². The van der Waals surface area contributed by atoms with Crippen LogP contribution in [0.2, 0.25) is 0 Å². The third-order valence-corrected chi connectivity index (χ3v) is 5.63. The normalized spacial score (nSPS) is 10.4. The van der Waals surface area contributed by atoms with E-state index in [1.54, 1.807) is 12.1 Å². The van der Waals surface area contributed by atoms with Gasteiger partial charge in [-0.25, -0.2) is 9.97 Å². The molecule has 0 fully saturated rings. The van der Waals surface area contributed by atoms with E-state index >= 15 is 0 Å². The Morgan fingerprint density at radius 3 is 1.50 bits per heavy atom. The van der Waals surface area contributed by atoms with E-state index in [2.05, 4.69) is 22.1 Å². The van der Waals surface area contributed by atoms with Crippen LogP contribution in [-0.4, -0.2) is 9.97 Å². The number of nitrogens with zero attached hydrogens (tertiary/aromatic N) is 4. The van der Waals surface area contributed by atoms with Gasteiger partial charge in [0.1, 0.15) is 10.0 Å². The van der Waals surface area contributed by atoms with Gasteiger partial charge in [-0.15, -0.1) is 0 Å². The first-order chi connectivity index (χ1) is 11.8. The first-order valence-electron chi connectivity index (χ1n) is 7.06. The van der Waals surface area contributed by atoms with Crippen LogP contribution in [0.5, 0.6) is 0 Å². The molecule has 0 aliphatic heterocycles. The predicted molar refractivity (Wildman–Crippen MR) is 95.6 cm³/mol. The molecule has 6 heteroatoms. The first-order valence-corrected chi connectivity index (χ1v) is 8.70. The zero-order chi connectivity index (χ0) is 16.5. The molecule has 0 N–H and O–H groups in total. The van der Waals surface area contributed by atoms with E-state index < -0.39 is 0 Å². The average molecular weight is 344 g/mol. The molecular weight excluding hydrogens is 336 g/mol. The number of fused-ring (bicyclic) bond motifs is 1. The fraction of sp³-hybridized carbons (Fsp3) is 0. The number of hydrogen-bond donors (Lipinski definition) is 0. The van der Waals surface area contributed by atoms with Crippen molar-refractivity contribution in [2.75, 3.05) is 0 Å². The number of hydrogen-bond acceptors (Lipinski definition) is 6. The first kappa shape index (κ1) is 14.5. The zero-order valence-corrected chi connectivity index (χ0v) is 13.9. The topological polar surface area (TPSA) is 73.4 Å². The Balaban J connectivity index is 1.82. The Labute approximate surface area is 145 Å². The number of aromatic nitrogens is 2. The lowest BCUT2D eigenvalue weighted by atomic mass is 10.1. The van der Waals surface area contributed by atoms with Gasteiger partial charge >= 0.3 is 0 Å². The molecular formula is C18H8N4S2. The quantitative estimate of drug-likeness (QED) is 0.522. The molecule has 4 nitrogen and oxygen atoms in total. The molecule has 0 atom stereocenters. The zero-order valence-electron chi connectivity index (χ0n) is 12.2. The molecule has 0 unspecified atom stereocenters. The Morgan fingerprint density at radius 1 is 0.667 bits per heavy atom. The minimum atomic E-state index is 0.606. The summed E-state index contributed by atoms with van der Waals surface area (Å²) in [5.74, 6) is 0. The molecule has 0 bridgehead atoms. The number of rotatable bonds is 2. The van der Waals surface area contributed by atoms with Gasteiger partial charge in [-0.3, -0.25) is 0 Å². The van der Waals surface area contributed by atoms with Crippen molar-refractivity contribution >= 4 is 32.3 Å². The minimum absolute atomic E-state index is 0.606. The molecule has 0 aliphatic rings. The maximum Gasteiger partial charge on any atom is 0.155 e. The summed E-state index contributed by atoms with van der Waals surface area (Å²) in [6.45, 7) is 0. The van der Waals surface area contributed by atoms with Gasteiger partial charge in [-0.1, -0.05) is 59.1 Å². The maximum absolute atomic E-state index is 9.24. The summed E-state index contributed by atoms with van der Waals surface area (Å²) >= 11 is 2.93. The molecule has 4 rings (SSSR count). The molecule has 0 spiro atoms. The molecule has 24 heavy (non-hydrogen) atoms. The van der Waals surface area contributed by atoms with Crippen molar-refractivity contribution in [3.63, 3.8) is 0 Å². The largest absolute Gasteiger partial charge is 0.223 e. The van der Waals surface area contributed by atoms with Crippen LogP contribution >= 0.6 is 22.7 Å². The van der Waals surface area contributed by atoms with Crippen LogP contribution in [0.1, 0.15) is 11.1 Å². The van der Waals surface area contributed by atoms with Gasteiger partial charge in [0, 0.05) is 11.1 Å². The van der Waals surface area contributed by atoms with E-state index in [0.29, 0.717) is 11.1 Å². The summed E-state index contributed by atoms with van der Waals surface area (Å²) in [4.78, 5) is 10.9. The molecule has 4 aromatic rings. The van der Waals surface area contributed by atoms with Crippen molar-refractivity contribution in [3.8, 4) is 33.3 Å². The van der Waals surface area contributed by atoms with Crippen LogP contribution in [0.15, 0.2) is 48.5 Å². The molecule has 0 amide bonds. The second-order valence-corrected chi connectivity index (χ2v) is 6.92. The monoisotopic (exact) mass is 344 g/mol. The lowest BCUT2D eigenvalue weighted by Gasteiger charge is -1.99. The Hall–Kier alpha value is -3.06. The van der Waals surface area contributed by atoms with Gasteiger partial charge in [0.05, 0.1) is 23.3 Å². The molecule has 112 valence electrons. The Kier molecular flexibility index (Phi) is 3.55. The van der Waals surface area contributed by atoms with Crippen LogP contribution in [0.3, 0.4) is 0 Å². The highest BCUT2D eigenvalue weighted by atomic mass is 32.1. The van der Waals surface area contributed by atoms with Gasteiger partial charge in [-0.2, -0.15) is 10.5 Å². The minimum Gasteiger partial charge on any atom is -0.223 e. The van der Waals surface area contributed by atoms with Crippen molar-refractivity contribution in [1.82, 2.24) is 9.97 Å². The third kappa shape index (κ3) is 2.35. The molecule has 2 aromatic heterocycles. The highest BCUT2D eigenvalue weighted by Gasteiger charge is 2.16. The Bertz CT molecular complexity index is 1020. The van der Waals surface area contributed by atoms with Gasteiger partial charge < -0.3 is 0 Å². The van der Waals surface area contributed by atoms with Gasteiger partial charge in [0.25, 0.3) is 0 Å². The van der Waals surface area contributed by atoms with E-state index in [1.165, 1.54) is 22.7 Å². The van der Waals surface area contributed by atoms with Gasteiger partial charge in [0.15, 0.2) is 9.66 Å². The number of benzene rings is 2. The summed E-state index contributed by atoms with van der Waals surface area (Å²) in [7, 11) is 0. The van der Waals surface area contributed by atoms with E-state index in [1.807, 2.05) is 36.4 Å². The second-order valence-electron chi connectivity index (χ2n) is 4.96. The fourth-order valence-electron chi connectivity index (χ4n) is 2.41. The van der Waals surface area contributed by atoms with E-state index in [0.717, 1.165) is 30.8 Å². The fourth-order valence-corrected chi connectivity index (χ4v) is 4.53. The van der Waals surface area contributed by atoms with Crippen LogP contribution in [0, 0.1) is 22.7 Å². The Morgan fingerprint density at radius 2 is 1.08 bits per heavy atom. The standard InChI is InChI=1S/C18H8N4S2/c19-9-11-5-1-3-7-13(11)15-21-17-18(23-15)22-16(24-17)14-8-4-2-6-12(14)10-20/h1-8H. The third-order valence-electron chi connectivity index (χ3n) is 3.53. The van der Waals surface area contributed by atoms with Crippen molar-refractivity contribution in [2.45, 2.75) is 0 Å². The molecule has 2 aromatic carbocycles. The molecule has 2 heterocycles. The van der Waals surface area contributed by atoms with E-state index in [9.17, 15) is 10.5 Å². The number of nitriles is 2. The summed E-state index contributed by atoms with van der Waals surface area (Å²) in [6, 6.07) is 19.2. The maximum atomic E-state index is 9.24. The predicted octanol–water partition coefficient (Wildman–Crippen LogP) is 4.83. The molecule has 0 saturated carbocycles. The van der Waals surface area contributed by atoms with Gasteiger partial charge in [0.2, 0.25) is 0 Å². The molecule has 0 saturated heterocycles. The number of thiazole rings is 2. The highest BCUT2D eigenvalue weighted by Crippen LogP contribution is 2.38. The summed E-state index contributed by atoms with van der Waals surface area (Å²) in [5, 5.41) is 20.1. The smallest absolute Gasteiger partial charge is 0.155 e. The van der Waals surface area contributed by atoms with Gasteiger partial charge in [-0.05, 0) is 12.1 Å². The van der Waals surface area contributed by atoms with Crippen molar-refractivity contribution < 1.29 is 0 Å². The molecule has 0 aliphatic carbocycles. The molecule has 0 radical (unpaired) electrons.